The summed E-state index contributed by atoms with van der Waals surface area (Å²) in [5, 5.41) is 3.33. The van der Waals surface area contributed by atoms with Gasteiger partial charge < -0.3 is 10.1 Å². The van der Waals surface area contributed by atoms with Gasteiger partial charge >= 0.3 is 0 Å². The first-order valence-electron chi connectivity index (χ1n) is 7.22. The molecule has 2 aromatic rings. The quantitative estimate of drug-likeness (QED) is 0.790. The Morgan fingerprint density at radius 2 is 2.10 bits per heavy atom. The summed E-state index contributed by atoms with van der Waals surface area (Å²) < 4.78 is 18.8. The van der Waals surface area contributed by atoms with E-state index in [4.69, 9.17) is 4.74 Å². The number of aryl methyl sites for hydroxylation is 1. The molecular formula is C17H21FN2O. The number of rotatable bonds is 7. The van der Waals surface area contributed by atoms with E-state index in [0.29, 0.717) is 17.9 Å². The molecule has 1 aromatic carbocycles. The second-order valence-corrected chi connectivity index (χ2v) is 5.03. The van der Waals surface area contributed by atoms with Gasteiger partial charge in [0.05, 0.1) is 5.69 Å². The normalized spacial score (nSPS) is 10.6. The zero-order chi connectivity index (χ0) is 15.1. The summed E-state index contributed by atoms with van der Waals surface area (Å²) in [5.74, 6) is 0.439. The Morgan fingerprint density at radius 3 is 2.76 bits per heavy atom. The lowest BCUT2D eigenvalue weighted by Gasteiger charge is -2.08. The number of hydrogen-bond acceptors (Lipinski definition) is 3. The highest BCUT2D eigenvalue weighted by Gasteiger charge is 2.01. The van der Waals surface area contributed by atoms with Gasteiger partial charge in [0.1, 0.15) is 18.2 Å². The van der Waals surface area contributed by atoms with Crippen LogP contribution < -0.4 is 10.1 Å². The molecular weight excluding hydrogens is 267 g/mol. The summed E-state index contributed by atoms with van der Waals surface area (Å²) in [6, 6.07) is 8.74. The van der Waals surface area contributed by atoms with Gasteiger partial charge in [-0.2, -0.15) is 0 Å². The van der Waals surface area contributed by atoms with E-state index < -0.39 is 0 Å². The number of nitrogens with zero attached hydrogens (tertiary/aromatic N) is 1. The fourth-order valence-electron chi connectivity index (χ4n) is 1.92. The number of aromatic nitrogens is 1. The van der Waals surface area contributed by atoms with E-state index in [0.717, 1.165) is 30.8 Å². The topological polar surface area (TPSA) is 34.1 Å². The molecule has 1 heterocycles. The predicted octanol–water partition coefficient (Wildman–Crippen LogP) is 3.61. The third-order valence-electron chi connectivity index (χ3n) is 3.16. The van der Waals surface area contributed by atoms with Gasteiger partial charge in [-0.25, -0.2) is 4.39 Å². The highest BCUT2D eigenvalue weighted by atomic mass is 19.1. The van der Waals surface area contributed by atoms with Crippen LogP contribution in [0.15, 0.2) is 36.5 Å². The molecule has 0 radical (unpaired) electrons. The van der Waals surface area contributed by atoms with Crippen LogP contribution in [0, 0.1) is 12.7 Å². The van der Waals surface area contributed by atoms with Crippen LogP contribution in [0.5, 0.6) is 5.75 Å². The third-order valence-corrected chi connectivity index (χ3v) is 3.16. The molecule has 0 saturated carbocycles. The monoisotopic (exact) mass is 288 g/mol. The zero-order valence-corrected chi connectivity index (χ0v) is 12.5. The molecule has 1 N–H and O–H groups in total. The molecule has 0 fully saturated rings. The number of nitrogens with one attached hydrogen (secondary N) is 1. The molecule has 0 aliphatic rings. The van der Waals surface area contributed by atoms with Gasteiger partial charge in [0, 0.05) is 12.7 Å². The van der Waals surface area contributed by atoms with Crippen molar-refractivity contribution in [2.75, 3.05) is 6.54 Å². The first kappa shape index (κ1) is 15.4. The van der Waals surface area contributed by atoms with Crippen LogP contribution in [-0.2, 0) is 13.2 Å². The van der Waals surface area contributed by atoms with Crippen LogP contribution in [0.2, 0.25) is 0 Å². The lowest BCUT2D eigenvalue weighted by atomic mass is 10.2. The van der Waals surface area contributed by atoms with Gasteiger partial charge in [-0.3, -0.25) is 4.98 Å². The second-order valence-electron chi connectivity index (χ2n) is 5.03. The first-order valence-corrected chi connectivity index (χ1v) is 7.22. The molecule has 0 unspecified atom stereocenters. The van der Waals surface area contributed by atoms with E-state index in [-0.39, 0.29) is 5.82 Å². The Labute approximate surface area is 125 Å². The second kappa shape index (κ2) is 7.74. The van der Waals surface area contributed by atoms with Crippen molar-refractivity contribution in [1.82, 2.24) is 10.3 Å². The largest absolute Gasteiger partial charge is 0.487 e. The average molecular weight is 288 g/mol. The van der Waals surface area contributed by atoms with E-state index in [1.165, 1.54) is 6.07 Å². The Kier molecular flexibility index (Phi) is 5.69. The van der Waals surface area contributed by atoms with Crippen LogP contribution in [0.1, 0.15) is 30.2 Å². The molecule has 2 rings (SSSR count). The SMILES string of the molecule is CCCNCc1ccc(COc2ccc(F)c(C)c2)nc1. The van der Waals surface area contributed by atoms with Crippen LogP contribution in [0.3, 0.4) is 0 Å². The summed E-state index contributed by atoms with van der Waals surface area (Å²) in [7, 11) is 0. The summed E-state index contributed by atoms with van der Waals surface area (Å²) in [4.78, 5) is 4.37. The molecule has 3 nitrogen and oxygen atoms in total. The summed E-state index contributed by atoms with van der Waals surface area (Å²) in [6.45, 7) is 6.09. The van der Waals surface area contributed by atoms with Gasteiger partial charge in [-0.1, -0.05) is 13.0 Å². The fourth-order valence-corrected chi connectivity index (χ4v) is 1.92. The van der Waals surface area contributed by atoms with Crippen molar-refractivity contribution in [3.05, 3.63) is 59.2 Å². The van der Waals surface area contributed by atoms with Crippen molar-refractivity contribution in [2.45, 2.75) is 33.4 Å². The van der Waals surface area contributed by atoms with Crippen molar-refractivity contribution in [3.63, 3.8) is 0 Å². The summed E-state index contributed by atoms with van der Waals surface area (Å²) in [5.41, 5.74) is 2.60. The Hall–Kier alpha value is -1.94. The number of hydrogen-bond donors (Lipinski definition) is 1. The van der Waals surface area contributed by atoms with Gasteiger partial charge in [0.15, 0.2) is 0 Å². The van der Waals surface area contributed by atoms with E-state index in [2.05, 4.69) is 17.2 Å². The van der Waals surface area contributed by atoms with Crippen molar-refractivity contribution in [3.8, 4) is 5.75 Å². The lowest BCUT2D eigenvalue weighted by Crippen LogP contribution is -2.14. The molecule has 0 saturated heterocycles. The van der Waals surface area contributed by atoms with Gasteiger partial charge in [0.25, 0.3) is 0 Å². The summed E-state index contributed by atoms with van der Waals surface area (Å²) in [6.07, 6.45) is 2.98. The molecule has 1 aromatic heterocycles. The molecule has 0 aliphatic heterocycles. The van der Waals surface area contributed by atoms with E-state index >= 15 is 0 Å². The Balaban J connectivity index is 1.86. The van der Waals surface area contributed by atoms with Crippen molar-refractivity contribution in [2.24, 2.45) is 0 Å². The number of pyridine rings is 1. The minimum Gasteiger partial charge on any atom is -0.487 e. The highest BCUT2D eigenvalue weighted by molar-refractivity contribution is 5.29. The van der Waals surface area contributed by atoms with Crippen LogP contribution in [0.4, 0.5) is 4.39 Å². The standard InChI is InChI=1S/C17H21FN2O/c1-3-8-19-10-14-4-5-15(20-11-14)12-21-16-6-7-17(18)13(2)9-16/h4-7,9,11,19H,3,8,10,12H2,1-2H3. The van der Waals surface area contributed by atoms with E-state index in [1.807, 2.05) is 18.3 Å². The zero-order valence-electron chi connectivity index (χ0n) is 12.5. The first-order chi connectivity index (χ1) is 10.2. The van der Waals surface area contributed by atoms with Crippen LogP contribution in [0.25, 0.3) is 0 Å². The molecule has 0 amide bonds. The number of benzene rings is 1. The van der Waals surface area contributed by atoms with Crippen LogP contribution >= 0.6 is 0 Å². The summed E-state index contributed by atoms with van der Waals surface area (Å²) >= 11 is 0. The van der Waals surface area contributed by atoms with E-state index in [1.54, 1.807) is 19.1 Å². The average Bonchev–Trinajstić information content (AvgIpc) is 2.50. The number of ether oxygens (including phenoxy) is 1. The fraction of sp³-hybridized carbons (Fsp3) is 0.353. The Bertz CT molecular complexity index is 570. The molecule has 0 bridgehead atoms. The van der Waals surface area contributed by atoms with Crippen LogP contribution in [-0.4, -0.2) is 11.5 Å². The molecule has 0 spiro atoms. The maximum absolute atomic E-state index is 13.2. The van der Waals surface area contributed by atoms with Gasteiger partial charge in [-0.15, -0.1) is 0 Å². The molecule has 21 heavy (non-hydrogen) atoms. The molecule has 0 aliphatic carbocycles. The van der Waals surface area contributed by atoms with Crippen molar-refractivity contribution in [1.29, 1.82) is 0 Å². The molecule has 4 heteroatoms. The van der Waals surface area contributed by atoms with Crippen molar-refractivity contribution < 1.29 is 9.13 Å². The Morgan fingerprint density at radius 1 is 1.24 bits per heavy atom. The smallest absolute Gasteiger partial charge is 0.130 e. The van der Waals surface area contributed by atoms with Crippen molar-refractivity contribution >= 4 is 0 Å². The number of halogens is 1. The van der Waals surface area contributed by atoms with Gasteiger partial charge in [0.2, 0.25) is 0 Å². The maximum atomic E-state index is 13.2. The van der Waals surface area contributed by atoms with E-state index in [9.17, 15) is 4.39 Å². The minimum atomic E-state index is -0.218. The third kappa shape index (κ3) is 4.83. The maximum Gasteiger partial charge on any atom is 0.130 e. The predicted molar refractivity (Wildman–Crippen MR) is 81.7 cm³/mol. The van der Waals surface area contributed by atoms with Gasteiger partial charge in [-0.05, 0) is 55.3 Å². The molecule has 112 valence electrons. The molecule has 0 atom stereocenters. The minimum absolute atomic E-state index is 0.218. The lowest BCUT2D eigenvalue weighted by molar-refractivity contribution is 0.300. The highest BCUT2D eigenvalue weighted by Crippen LogP contribution is 2.17.